The maximum atomic E-state index is 11.6. The first-order chi connectivity index (χ1) is 12.6. The first-order valence-corrected chi connectivity index (χ1v) is 10.4. The smallest absolute Gasteiger partial charge is 0.151 e. The Bertz CT molecular complexity index is 938. The van der Waals surface area contributed by atoms with Crippen molar-refractivity contribution in [1.29, 1.82) is 0 Å². The average Bonchev–Trinajstić information content (AvgIpc) is 3.11. The van der Waals surface area contributed by atoms with Crippen LogP contribution in [-0.4, -0.2) is 41.2 Å². The lowest BCUT2D eigenvalue weighted by Crippen LogP contribution is -2.23. The summed E-state index contributed by atoms with van der Waals surface area (Å²) in [6.45, 7) is 2.63. The summed E-state index contributed by atoms with van der Waals surface area (Å²) in [6, 6.07) is 13.7. The van der Waals surface area contributed by atoms with E-state index in [-0.39, 0.29) is 11.5 Å². The van der Waals surface area contributed by atoms with Crippen molar-refractivity contribution in [3.63, 3.8) is 0 Å². The van der Waals surface area contributed by atoms with Gasteiger partial charge in [0.1, 0.15) is 0 Å². The van der Waals surface area contributed by atoms with E-state index in [1.165, 1.54) is 0 Å². The molecule has 1 aromatic carbocycles. The molecule has 26 heavy (non-hydrogen) atoms. The molecule has 136 valence electrons. The highest BCUT2D eigenvalue weighted by Gasteiger charge is 2.13. The summed E-state index contributed by atoms with van der Waals surface area (Å²) in [5, 5.41) is 7.94. The Morgan fingerprint density at radius 3 is 2.50 bits per heavy atom. The number of hydrogen-bond acceptors (Lipinski definition) is 5. The van der Waals surface area contributed by atoms with E-state index in [4.69, 9.17) is 5.10 Å². The van der Waals surface area contributed by atoms with Gasteiger partial charge in [0, 0.05) is 48.6 Å². The Labute approximate surface area is 153 Å². The van der Waals surface area contributed by atoms with Crippen LogP contribution < -0.4 is 5.32 Å². The first-order valence-electron chi connectivity index (χ1n) is 8.54. The van der Waals surface area contributed by atoms with Gasteiger partial charge in [-0.15, -0.1) is 0 Å². The summed E-state index contributed by atoms with van der Waals surface area (Å²) in [5.74, 6) is 0.309. The summed E-state index contributed by atoms with van der Waals surface area (Å²) in [6.07, 6.45) is 5.45. The van der Waals surface area contributed by atoms with E-state index in [1.54, 1.807) is 19.3 Å². The molecule has 0 amide bonds. The summed E-state index contributed by atoms with van der Waals surface area (Å²) in [4.78, 5) is 4.06. The molecule has 0 aliphatic carbocycles. The molecular formula is C19H22N4O2S. The molecule has 0 saturated heterocycles. The van der Waals surface area contributed by atoms with Crippen LogP contribution in [0, 0.1) is 0 Å². The minimum absolute atomic E-state index is 0.140. The van der Waals surface area contributed by atoms with Gasteiger partial charge in [-0.2, -0.15) is 5.10 Å². The number of rotatable bonds is 8. The lowest BCUT2D eigenvalue weighted by Gasteiger charge is -2.05. The molecule has 2 heterocycles. The average molecular weight is 370 g/mol. The third-order valence-electron chi connectivity index (χ3n) is 4.11. The van der Waals surface area contributed by atoms with Crippen molar-refractivity contribution in [2.24, 2.45) is 0 Å². The molecule has 0 radical (unpaired) electrons. The van der Waals surface area contributed by atoms with Crippen LogP contribution in [0.1, 0.15) is 12.5 Å². The van der Waals surface area contributed by atoms with E-state index in [2.05, 4.69) is 10.3 Å². The fourth-order valence-electron chi connectivity index (χ4n) is 2.60. The minimum Gasteiger partial charge on any atom is -0.312 e. The Morgan fingerprint density at radius 2 is 1.81 bits per heavy atom. The number of para-hydroxylation sites is 1. The number of aromatic nitrogens is 3. The van der Waals surface area contributed by atoms with Gasteiger partial charge in [-0.3, -0.25) is 4.98 Å². The maximum Gasteiger partial charge on any atom is 0.151 e. The normalized spacial score (nSPS) is 11.6. The van der Waals surface area contributed by atoms with E-state index in [9.17, 15) is 8.42 Å². The van der Waals surface area contributed by atoms with Crippen molar-refractivity contribution in [3.05, 3.63) is 66.6 Å². The number of hydrogen-bond donors (Lipinski definition) is 1. The van der Waals surface area contributed by atoms with Crippen LogP contribution in [0.5, 0.6) is 0 Å². The third kappa shape index (κ3) is 4.56. The van der Waals surface area contributed by atoms with Gasteiger partial charge in [0.25, 0.3) is 0 Å². The van der Waals surface area contributed by atoms with Crippen LogP contribution in [0.25, 0.3) is 16.9 Å². The van der Waals surface area contributed by atoms with Gasteiger partial charge in [0.2, 0.25) is 0 Å². The number of nitrogens with zero attached hydrogens (tertiary/aromatic N) is 3. The molecule has 2 aromatic heterocycles. The van der Waals surface area contributed by atoms with Gasteiger partial charge in [-0.1, -0.05) is 25.1 Å². The molecule has 0 bridgehead atoms. The van der Waals surface area contributed by atoms with Gasteiger partial charge in [0.15, 0.2) is 9.84 Å². The zero-order valence-corrected chi connectivity index (χ0v) is 15.5. The summed E-state index contributed by atoms with van der Waals surface area (Å²) < 4.78 is 25.1. The van der Waals surface area contributed by atoms with Crippen LogP contribution in [0.3, 0.4) is 0 Å². The molecule has 0 aliphatic rings. The van der Waals surface area contributed by atoms with E-state index in [0.29, 0.717) is 13.1 Å². The molecule has 0 unspecified atom stereocenters. The van der Waals surface area contributed by atoms with Crippen LogP contribution >= 0.6 is 0 Å². The minimum atomic E-state index is -2.97. The molecule has 7 heteroatoms. The summed E-state index contributed by atoms with van der Waals surface area (Å²) in [5.41, 5.74) is 3.83. The van der Waals surface area contributed by atoms with Crippen molar-refractivity contribution in [2.75, 3.05) is 18.1 Å². The predicted molar refractivity (Wildman–Crippen MR) is 103 cm³/mol. The number of sulfone groups is 1. The van der Waals surface area contributed by atoms with E-state index >= 15 is 0 Å². The largest absolute Gasteiger partial charge is 0.312 e. The molecule has 0 atom stereocenters. The molecule has 1 N–H and O–H groups in total. The van der Waals surface area contributed by atoms with Crippen molar-refractivity contribution in [3.8, 4) is 16.9 Å². The summed E-state index contributed by atoms with van der Waals surface area (Å²) >= 11 is 0. The zero-order valence-electron chi connectivity index (χ0n) is 14.7. The predicted octanol–water partition coefficient (Wildman–Crippen LogP) is 2.46. The molecule has 0 fully saturated rings. The zero-order chi connectivity index (χ0) is 18.4. The summed E-state index contributed by atoms with van der Waals surface area (Å²) in [7, 11) is -2.97. The Balaban J connectivity index is 1.82. The fourth-order valence-corrected chi connectivity index (χ4v) is 3.34. The van der Waals surface area contributed by atoms with Crippen molar-refractivity contribution in [1.82, 2.24) is 20.1 Å². The molecular weight excluding hydrogens is 348 g/mol. The van der Waals surface area contributed by atoms with E-state index in [1.807, 2.05) is 53.3 Å². The second kappa shape index (κ2) is 8.25. The lowest BCUT2D eigenvalue weighted by molar-refractivity contribution is 0.592. The Hall–Kier alpha value is -2.51. The third-order valence-corrected chi connectivity index (χ3v) is 5.82. The molecule has 3 aromatic rings. The van der Waals surface area contributed by atoms with Crippen LogP contribution in [0.2, 0.25) is 0 Å². The molecule has 0 saturated carbocycles. The SMILES string of the molecule is CCS(=O)(=O)CCNCc1cn(-c2ccccc2)nc1-c1ccncc1. The monoisotopic (exact) mass is 370 g/mol. The topological polar surface area (TPSA) is 76.9 Å². The molecule has 6 nitrogen and oxygen atoms in total. The Kier molecular flexibility index (Phi) is 5.80. The highest BCUT2D eigenvalue weighted by molar-refractivity contribution is 7.91. The molecule has 3 rings (SSSR count). The Morgan fingerprint density at radius 1 is 1.08 bits per heavy atom. The van der Waals surface area contributed by atoms with Gasteiger partial charge in [0.05, 0.1) is 17.1 Å². The van der Waals surface area contributed by atoms with Crippen molar-refractivity contribution >= 4 is 9.84 Å². The quantitative estimate of drug-likeness (QED) is 0.617. The molecule has 0 aliphatic heterocycles. The van der Waals surface area contributed by atoms with Gasteiger partial charge in [-0.05, 0) is 24.3 Å². The standard InChI is InChI=1S/C19H22N4O2S/c1-2-26(24,25)13-12-21-14-17-15-23(18-6-4-3-5-7-18)22-19(17)16-8-10-20-11-9-16/h3-11,15,21H,2,12-14H2,1H3. The second-order valence-electron chi connectivity index (χ2n) is 5.93. The van der Waals surface area contributed by atoms with Gasteiger partial charge >= 0.3 is 0 Å². The fraction of sp³-hybridized carbons (Fsp3) is 0.263. The second-order valence-corrected chi connectivity index (χ2v) is 8.40. The highest BCUT2D eigenvalue weighted by atomic mass is 32.2. The van der Waals surface area contributed by atoms with Crippen molar-refractivity contribution in [2.45, 2.75) is 13.5 Å². The van der Waals surface area contributed by atoms with Crippen LogP contribution in [-0.2, 0) is 16.4 Å². The van der Waals surface area contributed by atoms with Crippen molar-refractivity contribution < 1.29 is 8.42 Å². The lowest BCUT2D eigenvalue weighted by atomic mass is 10.1. The van der Waals surface area contributed by atoms with E-state index < -0.39 is 9.84 Å². The van der Waals surface area contributed by atoms with Gasteiger partial charge < -0.3 is 5.32 Å². The van der Waals surface area contributed by atoms with E-state index in [0.717, 1.165) is 22.5 Å². The number of benzene rings is 1. The molecule has 0 spiro atoms. The van der Waals surface area contributed by atoms with Crippen LogP contribution in [0.4, 0.5) is 0 Å². The number of nitrogens with one attached hydrogen (secondary N) is 1. The van der Waals surface area contributed by atoms with Gasteiger partial charge in [-0.25, -0.2) is 13.1 Å². The first kappa shape index (κ1) is 18.3. The van der Waals surface area contributed by atoms with Crippen LogP contribution in [0.15, 0.2) is 61.1 Å². The highest BCUT2D eigenvalue weighted by Crippen LogP contribution is 2.23. The maximum absolute atomic E-state index is 11.6. The number of pyridine rings is 1.